The molecule has 2 heterocycles. The molecule has 160 valence electrons. The second-order valence-corrected chi connectivity index (χ2v) is 6.83. The van der Waals surface area contributed by atoms with Gasteiger partial charge in [-0.15, -0.1) is 0 Å². The maximum atomic E-state index is 13.0. The molecule has 8 nitrogen and oxygen atoms in total. The smallest absolute Gasteiger partial charge is 0.382 e. The highest BCUT2D eigenvalue weighted by atomic mass is 19.4. The predicted octanol–water partition coefficient (Wildman–Crippen LogP) is 1.81. The molecule has 1 fully saturated rings. The van der Waals surface area contributed by atoms with Crippen LogP contribution in [0, 0.1) is 5.92 Å². The molecule has 0 aliphatic carbocycles. The first-order valence-corrected chi connectivity index (χ1v) is 8.59. The van der Waals surface area contributed by atoms with E-state index in [-0.39, 0.29) is 24.5 Å². The number of halogens is 3. The van der Waals surface area contributed by atoms with Crippen molar-refractivity contribution in [3.05, 3.63) is 29.1 Å². The third-order valence-corrected chi connectivity index (χ3v) is 4.24. The molecule has 29 heavy (non-hydrogen) atoms. The molecule has 0 saturated carbocycles. The summed E-state index contributed by atoms with van der Waals surface area (Å²) >= 11 is 0. The Morgan fingerprint density at radius 3 is 2.52 bits per heavy atom. The molecule has 0 N–H and O–H groups in total. The molecule has 1 saturated heterocycles. The minimum absolute atomic E-state index is 0.0486. The zero-order chi connectivity index (χ0) is 22.0. The van der Waals surface area contributed by atoms with E-state index in [1.807, 2.05) is 0 Å². The number of rotatable bonds is 7. The second-order valence-electron chi connectivity index (χ2n) is 6.83. The first-order chi connectivity index (χ1) is 13.4. The summed E-state index contributed by atoms with van der Waals surface area (Å²) < 4.78 is 49.1. The number of nitrogens with zero attached hydrogens (tertiary/aromatic N) is 2. The lowest BCUT2D eigenvalue weighted by Gasteiger charge is -2.37. The zero-order valence-electron chi connectivity index (χ0n) is 16.3. The highest BCUT2D eigenvalue weighted by Crippen LogP contribution is 2.31. The summed E-state index contributed by atoms with van der Waals surface area (Å²) in [6.07, 6.45) is -4.74. The van der Waals surface area contributed by atoms with Crippen LogP contribution in [0.3, 0.4) is 0 Å². The van der Waals surface area contributed by atoms with E-state index in [1.54, 1.807) is 0 Å². The summed E-state index contributed by atoms with van der Waals surface area (Å²) in [5.41, 5.74) is -3.31. The van der Waals surface area contributed by atoms with Crippen molar-refractivity contribution in [1.82, 2.24) is 10.0 Å². The molecule has 11 heteroatoms. The van der Waals surface area contributed by atoms with Crippen LogP contribution in [-0.2, 0) is 36.7 Å². The summed E-state index contributed by atoms with van der Waals surface area (Å²) in [5.74, 6) is -4.42. The molecule has 0 aromatic carbocycles. The van der Waals surface area contributed by atoms with Gasteiger partial charge in [-0.25, -0.2) is 10.0 Å². The average molecular weight is 418 g/mol. The van der Waals surface area contributed by atoms with Crippen LogP contribution in [-0.4, -0.2) is 60.5 Å². The Balaban J connectivity index is 2.43. The summed E-state index contributed by atoms with van der Waals surface area (Å²) in [5, 5.41) is 0.774. The molecular formula is C18H21F3N2O6. The van der Waals surface area contributed by atoms with Gasteiger partial charge >= 0.3 is 6.18 Å². The number of carbonyl (C=O) groups excluding carboxylic acids is 3. The monoisotopic (exact) mass is 418 g/mol. The van der Waals surface area contributed by atoms with Crippen LogP contribution in [0.2, 0.25) is 0 Å². The number of hydroxylamine groups is 2. The van der Waals surface area contributed by atoms with Gasteiger partial charge in [-0.1, -0.05) is 0 Å². The number of Topliss-reactive ketones (excluding diaryl/α,β-unsaturated/α-hetero) is 2. The first kappa shape index (κ1) is 22.9. The molecule has 1 aliphatic heterocycles. The van der Waals surface area contributed by atoms with Crippen LogP contribution < -0.4 is 0 Å². The molecular weight excluding hydrogens is 397 g/mol. The van der Waals surface area contributed by atoms with Gasteiger partial charge in [0, 0.05) is 19.7 Å². The van der Waals surface area contributed by atoms with Gasteiger partial charge < -0.3 is 9.47 Å². The zero-order valence-corrected chi connectivity index (χ0v) is 16.3. The summed E-state index contributed by atoms with van der Waals surface area (Å²) in [6, 6.07) is 1.52. The van der Waals surface area contributed by atoms with Gasteiger partial charge in [-0.3, -0.25) is 19.2 Å². The number of aromatic nitrogens is 1. The Labute approximate surface area is 164 Å². The van der Waals surface area contributed by atoms with E-state index in [4.69, 9.17) is 14.3 Å². The summed E-state index contributed by atoms with van der Waals surface area (Å²) in [6.45, 7) is 2.57. The minimum Gasteiger partial charge on any atom is -0.382 e. The number of alkyl halides is 3. The lowest BCUT2D eigenvalue weighted by Crippen LogP contribution is -2.58. The Kier molecular flexibility index (Phi) is 6.76. The summed E-state index contributed by atoms with van der Waals surface area (Å²) in [4.78, 5) is 46.7. The normalized spacial score (nSPS) is 19.6. The number of hydrogen-bond acceptors (Lipinski definition) is 7. The van der Waals surface area contributed by atoms with Crippen molar-refractivity contribution < 1.29 is 41.9 Å². The van der Waals surface area contributed by atoms with Crippen LogP contribution >= 0.6 is 0 Å². The molecule has 1 aromatic heterocycles. The van der Waals surface area contributed by atoms with Crippen LogP contribution in [0.4, 0.5) is 13.2 Å². The Hall–Kier alpha value is -2.37. The van der Waals surface area contributed by atoms with Crippen molar-refractivity contribution in [3.8, 4) is 0 Å². The number of amides is 1. The third-order valence-electron chi connectivity index (χ3n) is 4.24. The van der Waals surface area contributed by atoms with E-state index >= 15 is 0 Å². The second kappa shape index (κ2) is 8.56. The number of hydrogen-bond donors (Lipinski definition) is 0. The van der Waals surface area contributed by atoms with E-state index in [9.17, 15) is 27.6 Å². The van der Waals surface area contributed by atoms with Crippen LogP contribution in [0.25, 0.3) is 0 Å². The third kappa shape index (κ3) is 4.98. The van der Waals surface area contributed by atoms with Gasteiger partial charge in [0.2, 0.25) is 0 Å². The fourth-order valence-corrected chi connectivity index (χ4v) is 2.77. The highest BCUT2D eigenvalue weighted by Gasteiger charge is 2.51. The quantitative estimate of drug-likeness (QED) is 0.379. The average Bonchev–Trinajstić information content (AvgIpc) is 2.62. The van der Waals surface area contributed by atoms with Gasteiger partial charge in [0.25, 0.3) is 5.91 Å². The molecule has 0 bridgehead atoms. The fourth-order valence-electron chi connectivity index (χ4n) is 2.77. The Morgan fingerprint density at radius 2 is 1.93 bits per heavy atom. The predicted molar refractivity (Wildman–Crippen MR) is 91.5 cm³/mol. The van der Waals surface area contributed by atoms with E-state index < -0.39 is 47.5 Å². The fraction of sp³-hybridized carbons (Fsp3) is 0.556. The number of pyridine rings is 1. The van der Waals surface area contributed by atoms with Crippen LogP contribution in [0.1, 0.15) is 35.6 Å². The van der Waals surface area contributed by atoms with Gasteiger partial charge in [0.05, 0.1) is 25.5 Å². The topological polar surface area (TPSA) is 95.0 Å². The van der Waals surface area contributed by atoms with Crippen molar-refractivity contribution in [1.29, 1.82) is 0 Å². The number of ketones is 2. The van der Waals surface area contributed by atoms with Crippen LogP contribution in [0.15, 0.2) is 12.1 Å². The minimum atomic E-state index is -4.74. The first-order valence-electron chi connectivity index (χ1n) is 8.59. The molecule has 0 spiro atoms. The Morgan fingerprint density at radius 1 is 1.28 bits per heavy atom. The van der Waals surface area contributed by atoms with E-state index in [2.05, 4.69) is 4.98 Å². The SMILES string of the molecule is COCCOCc1nc(C(F)(F)F)ccc1C(=O)C1C(=O)N(C)OC(C)(C)C1=O. The number of carbonyl (C=O) groups is 3. The van der Waals surface area contributed by atoms with Gasteiger partial charge in [-0.05, 0) is 26.0 Å². The lowest BCUT2D eigenvalue weighted by atomic mass is 9.83. The van der Waals surface area contributed by atoms with Gasteiger partial charge in [0.1, 0.15) is 11.3 Å². The molecule has 1 aliphatic rings. The van der Waals surface area contributed by atoms with Crippen molar-refractivity contribution >= 4 is 17.5 Å². The number of methoxy groups -OCH3 is 1. The highest BCUT2D eigenvalue weighted by molar-refractivity contribution is 6.26. The Bertz CT molecular complexity index is 809. The van der Waals surface area contributed by atoms with Crippen LogP contribution in [0.5, 0.6) is 0 Å². The number of ether oxygens (including phenoxy) is 2. The summed E-state index contributed by atoms with van der Waals surface area (Å²) in [7, 11) is 2.66. The molecule has 2 rings (SSSR count). The maximum absolute atomic E-state index is 13.0. The molecule has 1 atom stereocenters. The lowest BCUT2D eigenvalue weighted by molar-refractivity contribution is -0.235. The van der Waals surface area contributed by atoms with Gasteiger partial charge in [0.15, 0.2) is 17.5 Å². The maximum Gasteiger partial charge on any atom is 0.433 e. The van der Waals surface area contributed by atoms with E-state index in [0.717, 1.165) is 11.1 Å². The van der Waals surface area contributed by atoms with E-state index in [1.165, 1.54) is 28.0 Å². The van der Waals surface area contributed by atoms with Crippen molar-refractivity contribution in [2.45, 2.75) is 32.2 Å². The van der Waals surface area contributed by atoms with Crippen molar-refractivity contribution in [2.24, 2.45) is 5.92 Å². The molecule has 1 aromatic rings. The largest absolute Gasteiger partial charge is 0.433 e. The van der Waals surface area contributed by atoms with Crippen molar-refractivity contribution in [2.75, 3.05) is 27.4 Å². The van der Waals surface area contributed by atoms with Crippen molar-refractivity contribution in [3.63, 3.8) is 0 Å². The molecule has 1 amide bonds. The van der Waals surface area contributed by atoms with E-state index in [0.29, 0.717) is 6.07 Å². The molecule has 0 radical (unpaired) electrons. The standard InChI is InChI=1S/C18H21F3N2O6/c1-17(2)15(25)13(16(26)23(3)29-17)14(24)10-5-6-12(18(19,20)21)22-11(10)9-28-8-7-27-4/h5-6,13H,7-9H2,1-4H3. The molecule has 1 unspecified atom stereocenters. The van der Waals surface area contributed by atoms with Gasteiger partial charge in [-0.2, -0.15) is 13.2 Å².